The molecule has 0 saturated carbocycles. The van der Waals surface area contributed by atoms with E-state index in [4.69, 9.17) is 0 Å². The number of halogens is 3. The first-order valence-corrected chi connectivity index (χ1v) is 10.2. The molecule has 6 nitrogen and oxygen atoms in total. The van der Waals surface area contributed by atoms with E-state index < -0.39 is 16.2 Å². The van der Waals surface area contributed by atoms with Crippen LogP contribution in [0.25, 0.3) is 0 Å². The van der Waals surface area contributed by atoms with Crippen LogP contribution in [-0.2, 0) is 9.84 Å². The Hall–Kier alpha value is -1.81. The van der Waals surface area contributed by atoms with Gasteiger partial charge >= 0.3 is 6.36 Å². The minimum absolute atomic E-state index is 0.0936. The van der Waals surface area contributed by atoms with E-state index in [1.165, 1.54) is 17.0 Å². The van der Waals surface area contributed by atoms with E-state index >= 15 is 0 Å². The van der Waals surface area contributed by atoms with Gasteiger partial charge in [-0.3, -0.25) is 4.79 Å². The topological polar surface area (TPSA) is 68.1 Å². The second kappa shape index (κ2) is 7.07. The van der Waals surface area contributed by atoms with Gasteiger partial charge in [-0.1, -0.05) is 0 Å². The number of hydrogen-bond acceptors (Lipinski definition) is 4. The van der Waals surface area contributed by atoms with Crippen LogP contribution in [0.15, 0.2) is 24.3 Å². The zero-order valence-corrected chi connectivity index (χ0v) is 14.8. The lowest BCUT2D eigenvalue weighted by Gasteiger charge is -2.35. The van der Waals surface area contributed by atoms with Crippen molar-refractivity contribution in [2.75, 3.05) is 37.7 Å². The van der Waals surface area contributed by atoms with Crippen molar-refractivity contribution in [1.29, 1.82) is 0 Å². The number of nitrogens with one attached hydrogen (secondary N) is 1. The number of ether oxygens (including phenoxy) is 1. The molecule has 1 amide bonds. The average molecular weight is 393 g/mol. The number of quaternary nitrogens is 1. The molecule has 0 aliphatic carbocycles. The number of nitrogens with zero attached hydrogens (tertiary/aromatic N) is 1. The Morgan fingerprint density at radius 2 is 1.77 bits per heavy atom. The molecular weight excluding hydrogens is 373 g/mol. The van der Waals surface area contributed by atoms with Gasteiger partial charge in [0, 0.05) is 12.0 Å². The number of piperazine rings is 1. The highest BCUT2D eigenvalue weighted by atomic mass is 32.2. The molecule has 0 spiro atoms. The van der Waals surface area contributed by atoms with E-state index in [9.17, 15) is 26.4 Å². The summed E-state index contributed by atoms with van der Waals surface area (Å²) in [6.07, 6.45) is -4.11. The number of hydrogen-bond donors (Lipinski definition) is 1. The molecule has 0 bridgehead atoms. The van der Waals surface area contributed by atoms with Crippen LogP contribution < -0.4 is 9.64 Å². The molecule has 0 aromatic heterocycles. The van der Waals surface area contributed by atoms with Gasteiger partial charge in [0.1, 0.15) is 17.5 Å². The molecule has 26 heavy (non-hydrogen) atoms. The fourth-order valence-corrected chi connectivity index (χ4v) is 5.33. The molecule has 1 atom stereocenters. The van der Waals surface area contributed by atoms with Crippen LogP contribution in [0.2, 0.25) is 0 Å². The molecule has 1 aromatic rings. The van der Waals surface area contributed by atoms with Gasteiger partial charge in [0.2, 0.25) is 0 Å². The molecule has 2 heterocycles. The molecule has 10 heteroatoms. The second-order valence-corrected chi connectivity index (χ2v) is 8.85. The van der Waals surface area contributed by atoms with Gasteiger partial charge in [0.25, 0.3) is 5.91 Å². The minimum atomic E-state index is -4.77. The zero-order chi connectivity index (χ0) is 18.9. The SMILES string of the molecule is O=C(c1ccc(OC(F)(F)F)cc1)N1CC[NH+]([C@H]2CCS(=O)(=O)C2)CC1. The predicted molar refractivity (Wildman–Crippen MR) is 86.8 cm³/mol. The zero-order valence-electron chi connectivity index (χ0n) is 14.0. The first-order chi connectivity index (χ1) is 12.1. The standard InChI is InChI=1S/C16H19F3N2O4S/c17-16(18,19)25-14-3-1-12(2-4-14)15(22)21-8-6-20(7-9-21)13-5-10-26(23,24)11-13/h1-4,13H,5-11H2/p+1/t13-/m0/s1. The fourth-order valence-electron chi connectivity index (χ4n) is 3.50. The molecular formula is C16H20F3N2O4S+. The highest BCUT2D eigenvalue weighted by molar-refractivity contribution is 7.91. The van der Waals surface area contributed by atoms with Crippen LogP contribution in [0, 0.1) is 0 Å². The number of rotatable bonds is 3. The third-order valence-electron chi connectivity index (χ3n) is 4.84. The Morgan fingerprint density at radius 3 is 2.27 bits per heavy atom. The minimum Gasteiger partial charge on any atom is -0.406 e. The first kappa shape index (κ1) is 19.0. The third-order valence-corrected chi connectivity index (χ3v) is 6.61. The van der Waals surface area contributed by atoms with Gasteiger partial charge in [0.15, 0.2) is 9.84 Å². The summed E-state index contributed by atoms with van der Waals surface area (Å²) in [7, 11) is -2.93. The van der Waals surface area contributed by atoms with Gasteiger partial charge in [-0.2, -0.15) is 0 Å². The Labute approximate surface area is 149 Å². The fraction of sp³-hybridized carbons (Fsp3) is 0.562. The van der Waals surface area contributed by atoms with E-state index in [1.54, 1.807) is 4.90 Å². The Bertz CT molecular complexity index is 757. The first-order valence-electron chi connectivity index (χ1n) is 8.33. The molecule has 144 valence electrons. The van der Waals surface area contributed by atoms with Gasteiger partial charge in [0.05, 0.1) is 31.9 Å². The van der Waals surface area contributed by atoms with E-state index in [0.717, 1.165) is 12.1 Å². The summed E-state index contributed by atoms with van der Waals surface area (Å²) in [6.45, 7) is 2.32. The molecule has 2 saturated heterocycles. The number of carbonyl (C=O) groups is 1. The third kappa shape index (κ3) is 4.67. The molecule has 2 aliphatic rings. The van der Waals surface area contributed by atoms with Gasteiger partial charge < -0.3 is 14.5 Å². The molecule has 1 aromatic carbocycles. The van der Waals surface area contributed by atoms with Crippen LogP contribution in [0.5, 0.6) is 5.75 Å². The number of sulfone groups is 1. The van der Waals surface area contributed by atoms with Crippen molar-refractivity contribution in [2.24, 2.45) is 0 Å². The maximum atomic E-state index is 12.5. The van der Waals surface area contributed by atoms with Gasteiger partial charge in [-0.05, 0) is 24.3 Å². The average Bonchev–Trinajstić information content (AvgIpc) is 2.94. The van der Waals surface area contributed by atoms with E-state index in [-0.39, 0.29) is 29.2 Å². The number of alkyl halides is 3. The number of benzene rings is 1. The lowest BCUT2D eigenvalue weighted by atomic mass is 10.1. The van der Waals surface area contributed by atoms with Crippen LogP contribution in [0.1, 0.15) is 16.8 Å². The highest BCUT2D eigenvalue weighted by Crippen LogP contribution is 2.23. The maximum absolute atomic E-state index is 12.5. The summed E-state index contributed by atoms with van der Waals surface area (Å²) in [5.41, 5.74) is 0.298. The lowest BCUT2D eigenvalue weighted by molar-refractivity contribution is -0.925. The van der Waals surface area contributed by atoms with Crippen LogP contribution in [0.4, 0.5) is 13.2 Å². The maximum Gasteiger partial charge on any atom is 0.573 e. The summed E-state index contributed by atoms with van der Waals surface area (Å²) in [5, 5.41) is 0. The Kier molecular flexibility index (Phi) is 5.16. The molecule has 2 aliphatic heterocycles. The van der Waals surface area contributed by atoms with Crippen LogP contribution in [-0.4, -0.2) is 69.3 Å². The van der Waals surface area contributed by atoms with Crippen molar-refractivity contribution >= 4 is 15.7 Å². The normalized spacial score (nSPS) is 23.8. The summed E-state index contributed by atoms with van der Waals surface area (Å²) in [5.74, 6) is -0.181. The van der Waals surface area contributed by atoms with Crippen molar-refractivity contribution in [1.82, 2.24) is 4.90 Å². The van der Waals surface area contributed by atoms with Crippen molar-refractivity contribution in [3.63, 3.8) is 0 Å². The molecule has 0 unspecified atom stereocenters. The van der Waals surface area contributed by atoms with Crippen molar-refractivity contribution < 1.29 is 36.0 Å². The highest BCUT2D eigenvalue weighted by Gasteiger charge is 2.37. The number of amides is 1. The lowest BCUT2D eigenvalue weighted by Crippen LogP contribution is -3.18. The van der Waals surface area contributed by atoms with Crippen LogP contribution >= 0.6 is 0 Å². The monoisotopic (exact) mass is 393 g/mol. The van der Waals surface area contributed by atoms with Crippen LogP contribution in [0.3, 0.4) is 0 Å². The molecule has 2 fully saturated rings. The van der Waals surface area contributed by atoms with E-state index in [1.807, 2.05) is 0 Å². The molecule has 3 rings (SSSR count). The van der Waals surface area contributed by atoms with Gasteiger partial charge in [-0.25, -0.2) is 8.42 Å². The quantitative estimate of drug-likeness (QED) is 0.792. The van der Waals surface area contributed by atoms with Gasteiger partial charge in [-0.15, -0.1) is 13.2 Å². The summed E-state index contributed by atoms with van der Waals surface area (Å²) < 4.78 is 63.5. The van der Waals surface area contributed by atoms with Crippen molar-refractivity contribution in [2.45, 2.75) is 18.8 Å². The number of carbonyl (C=O) groups excluding carboxylic acids is 1. The Morgan fingerprint density at radius 1 is 1.15 bits per heavy atom. The summed E-state index contributed by atoms with van der Waals surface area (Å²) in [4.78, 5) is 15.3. The smallest absolute Gasteiger partial charge is 0.406 e. The molecule has 0 radical (unpaired) electrons. The summed E-state index contributed by atoms with van der Waals surface area (Å²) in [6, 6.07) is 4.95. The Balaban J connectivity index is 1.55. The van der Waals surface area contributed by atoms with Crippen molar-refractivity contribution in [3.05, 3.63) is 29.8 Å². The largest absolute Gasteiger partial charge is 0.573 e. The van der Waals surface area contributed by atoms with Crippen molar-refractivity contribution in [3.8, 4) is 5.75 Å². The predicted octanol–water partition coefficient (Wildman–Crippen LogP) is 0.113. The van der Waals surface area contributed by atoms with E-state index in [2.05, 4.69) is 4.74 Å². The summed E-state index contributed by atoms with van der Waals surface area (Å²) >= 11 is 0. The second-order valence-electron chi connectivity index (χ2n) is 6.62. The molecule has 1 N–H and O–H groups in total. The van der Waals surface area contributed by atoms with E-state index in [0.29, 0.717) is 38.2 Å².